The Balaban J connectivity index is 1.30. The molecule has 0 saturated carbocycles. The molecule has 2 heterocycles. The molecular weight excluding hydrogens is 330 g/mol. The predicted molar refractivity (Wildman–Crippen MR) is 96.0 cm³/mol. The summed E-state index contributed by atoms with van der Waals surface area (Å²) >= 11 is 0. The summed E-state index contributed by atoms with van der Waals surface area (Å²) in [5.74, 6) is 1.09. The zero-order valence-corrected chi connectivity index (χ0v) is 14.2. The van der Waals surface area contributed by atoms with E-state index < -0.39 is 6.10 Å². The first-order chi connectivity index (χ1) is 12.8. The Labute approximate surface area is 151 Å². The van der Waals surface area contributed by atoms with Crippen molar-refractivity contribution in [2.24, 2.45) is 0 Å². The second kappa shape index (κ2) is 7.31. The maximum atomic E-state index is 12.3. The molecule has 1 aliphatic rings. The molecular formula is C20H19N3O3. The number of benzene rings is 2. The van der Waals surface area contributed by atoms with Crippen LogP contribution in [-0.2, 0) is 17.9 Å². The second-order valence-corrected chi connectivity index (χ2v) is 6.13. The maximum absolute atomic E-state index is 12.3. The van der Waals surface area contributed by atoms with Crippen LogP contribution < -0.4 is 14.8 Å². The average Bonchev–Trinajstić information content (AvgIpc) is 3.20. The largest absolute Gasteiger partial charge is 0.485 e. The number of aromatic nitrogens is 2. The van der Waals surface area contributed by atoms with Crippen molar-refractivity contribution in [3.63, 3.8) is 0 Å². The lowest BCUT2D eigenvalue weighted by Gasteiger charge is -2.25. The molecule has 0 bridgehead atoms. The van der Waals surface area contributed by atoms with Gasteiger partial charge in [0.25, 0.3) is 5.91 Å². The summed E-state index contributed by atoms with van der Waals surface area (Å²) < 4.78 is 13.3. The molecule has 1 atom stereocenters. The Morgan fingerprint density at radius 2 is 1.88 bits per heavy atom. The van der Waals surface area contributed by atoms with Crippen LogP contribution in [-0.4, -0.2) is 28.2 Å². The van der Waals surface area contributed by atoms with Gasteiger partial charge in [-0.1, -0.05) is 36.4 Å². The van der Waals surface area contributed by atoms with E-state index in [0.29, 0.717) is 18.0 Å². The molecule has 3 aromatic rings. The number of nitrogens with one attached hydrogen (secondary N) is 1. The minimum absolute atomic E-state index is 0.179. The van der Waals surface area contributed by atoms with Crippen molar-refractivity contribution in [2.75, 3.05) is 6.61 Å². The van der Waals surface area contributed by atoms with E-state index in [4.69, 9.17) is 9.47 Å². The van der Waals surface area contributed by atoms with E-state index in [1.165, 1.54) is 5.56 Å². The van der Waals surface area contributed by atoms with Crippen LogP contribution in [0.1, 0.15) is 11.1 Å². The minimum Gasteiger partial charge on any atom is -0.485 e. The number of ether oxygens (including phenoxy) is 2. The van der Waals surface area contributed by atoms with Crippen molar-refractivity contribution in [1.82, 2.24) is 14.9 Å². The Bertz CT molecular complexity index is 876. The van der Waals surface area contributed by atoms with Crippen LogP contribution in [0.3, 0.4) is 0 Å². The minimum atomic E-state index is -0.634. The van der Waals surface area contributed by atoms with Crippen molar-refractivity contribution >= 4 is 5.91 Å². The molecule has 1 N–H and O–H groups in total. The standard InChI is InChI=1S/C20H19N3O3/c24-20(19-13-25-17-3-1-2-4-18(17)26-19)22-11-15-5-7-16(8-6-15)12-23-10-9-21-14-23/h1-10,14,19H,11-13H2,(H,22,24). The molecule has 0 saturated heterocycles. The number of para-hydroxylation sites is 2. The first-order valence-electron chi connectivity index (χ1n) is 8.48. The smallest absolute Gasteiger partial charge is 0.264 e. The molecule has 1 unspecified atom stereocenters. The number of carbonyl (C=O) groups is 1. The van der Waals surface area contributed by atoms with Crippen LogP contribution >= 0.6 is 0 Å². The van der Waals surface area contributed by atoms with Gasteiger partial charge in [0.2, 0.25) is 6.10 Å². The van der Waals surface area contributed by atoms with Gasteiger partial charge >= 0.3 is 0 Å². The molecule has 2 aromatic carbocycles. The summed E-state index contributed by atoms with van der Waals surface area (Å²) in [5.41, 5.74) is 2.21. The summed E-state index contributed by atoms with van der Waals surface area (Å²) in [6, 6.07) is 15.5. The highest BCUT2D eigenvalue weighted by Gasteiger charge is 2.26. The number of amides is 1. The first kappa shape index (κ1) is 16.2. The summed E-state index contributed by atoms with van der Waals surface area (Å²) in [6.07, 6.45) is 4.85. The number of hydrogen-bond acceptors (Lipinski definition) is 4. The number of imidazole rings is 1. The van der Waals surface area contributed by atoms with E-state index in [1.54, 1.807) is 18.6 Å². The highest BCUT2D eigenvalue weighted by Crippen LogP contribution is 2.30. The monoisotopic (exact) mass is 349 g/mol. The third-order valence-electron chi connectivity index (χ3n) is 4.22. The maximum Gasteiger partial charge on any atom is 0.264 e. The summed E-state index contributed by atoms with van der Waals surface area (Å²) in [4.78, 5) is 16.4. The normalized spacial score (nSPS) is 15.5. The third kappa shape index (κ3) is 3.69. The van der Waals surface area contributed by atoms with Gasteiger partial charge in [-0.15, -0.1) is 0 Å². The van der Waals surface area contributed by atoms with Crippen LogP contribution in [0.4, 0.5) is 0 Å². The molecule has 0 spiro atoms. The summed E-state index contributed by atoms with van der Waals surface area (Å²) in [7, 11) is 0. The van der Waals surface area contributed by atoms with Gasteiger partial charge in [-0.2, -0.15) is 0 Å². The molecule has 26 heavy (non-hydrogen) atoms. The zero-order chi connectivity index (χ0) is 17.8. The zero-order valence-electron chi connectivity index (χ0n) is 14.2. The van der Waals surface area contributed by atoms with E-state index in [2.05, 4.69) is 22.4 Å². The number of carbonyl (C=O) groups excluding carboxylic acids is 1. The van der Waals surface area contributed by atoms with Gasteiger partial charge < -0.3 is 19.4 Å². The first-order valence-corrected chi connectivity index (χ1v) is 8.48. The number of nitrogens with zero attached hydrogens (tertiary/aromatic N) is 2. The van der Waals surface area contributed by atoms with Crippen molar-refractivity contribution in [2.45, 2.75) is 19.2 Å². The molecule has 6 nitrogen and oxygen atoms in total. The Morgan fingerprint density at radius 3 is 2.65 bits per heavy atom. The molecule has 0 fully saturated rings. The van der Waals surface area contributed by atoms with Gasteiger partial charge in [-0.3, -0.25) is 4.79 Å². The fraction of sp³-hybridized carbons (Fsp3) is 0.200. The van der Waals surface area contributed by atoms with Crippen LogP contribution in [0.25, 0.3) is 0 Å². The lowest BCUT2D eigenvalue weighted by molar-refractivity contribution is -0.130. The lowest BCUT2D eigenvalue weighted by atomic mass is 10.1. The Hall–Kier alpha value is -3.28. The number of rotatable bonds is 5. The Morgan fingerprint density at radius 1 is 1.12 bits per heavy atom. The van der Waals surface area contributed by atoms with E-state index in [-0.39, 0.29) is 12.5 Å². The second-order valence-electron chi connectivity index (χ2n) is 6.13. The van der Waals surface area contributed by atoms with Gasteiger partial charge in [0.1, 0.15) is 6.61 Å². The summed E-state index contributed by atoms with van der Waals surface area (Å²) in [6.45, 7) is 1.44. The highest BCUT2D eigenvalue weighted by atomic mass is 16.6. The van der Waals surface area contributed by atoms with Crippen LogP contribution in [0, 0.1) is 0 Å². The van der Waals surface area contributed by atoms with Gasteiger partial charge in [-0.25, -0.2) is 4.98 Å². The highest BCUT2D eigenvalue weighted by molar-refractivity contribution is 5.81. The predicted octanol–water partition coefficient (Wildman–Crippen LogP) is 2.39. The van der Waals surface area contributed by atoms with E-state index in [9.17, 15) is 4.79 Å². The van der Waals surface area contributed by atoms with Crippen molar-refractivity contribution in [3.05, 3.63) is 78.4 Å². The fourth-order valence-electron chi connectivity index (χ4n) is 2.81. The Kier molecular flexibility index (Phi) is 4.55. The van der Waals surface area contributed by atoms with Crippen LogP contribution in [0.2, 0.25) is 0 Å². The third-order valence-corrected chi connectivity index (χ3v) is 4.22. The van der Waals surface area contributed by atoms with Crippen LogP contribution in [0.5, 0.6) is 11.5 Å². The van der Waals surface area contributed by atoms with Gasteiger partial charge in [0, 0.05) is 25.5 Å². The molecule has 1 amide bonds. The molecule has 0 radical (unpaired) electrons. The SMILES string of the molecule is O=C(NCc1ccc(Cn2ccnc2)cc1)C1COc2ccccc2O1. The number of fused-ring (bicyclic) bond motifs is 1. The number of hydrogen-bond donors (Lipinski definition) is 1. The van der Waals surface area contributed by atoms with E-state index >= 15 is 0 Å². The topological polar surface area (TPSA) is 65.4 Å². The van der Waals surface area contributed by atoms with Crippen molar-refractivity contribution in [1.29, 1.82) is 0 Å². The average molecular weight is 349 g/mol. The van der Waals surface area contributed by atoms with Crippen molar-refractivity contribution < 1.29 is 14.3 Å². The van der Waals surface area contributed by atoms with Crippen molar-refractivity contribution in [3.8, 4) is 11.5 Å². The van der Waals surface area contributed by atoms with Crippen LogP contribution in [0.15, 0.2) is 67.3 Å². The molecule has 1 aromatic heterocycles. The van der Waals surface area contributed by atoms with E-state index in [1.807, 2.05) is 41.1 Å². The molecule has 4 rings (SSSR count). The molecule has 6 heteroatoms. The van der Waals surface area contributed by atoms with Gasteiger partial charge in [0.15, 0.2) is 11.5 Å². The van der Waals surface area contributed by atoms with Gasteiger partial charge in [0.05, 0.1) is 6.33 Å². The fourth-order valence-corrected chi connectivity index (χ4v) is 2.81. The summed E-state index contributed by atoms with van der Waals surface area (Å²) in [5, 5.41) is 2.91. The lowest BCUT2D eigenvalue weighted by Crippen LogP contribution is -2.43. The van der Waals surface area contributed by atoms with E-state index in [0.717, 1.165) is 12.1 Å². The molecule has 0 aliphatic carbocycles. The molecule has 132 valence electrons. The quantitative estimate of drug-likeness (QED) is 0.768. The van der Waals surface area contributed by atoms with Gasteiger partial charge in [-0.05, 0) is 23.3 Å². The molecule has 1 aliphatic heterocycles.